The average Bonchev–Trinajstić information content (AvgIpc) is 3.16. The van der Waals surface area contributed by atoms with Crippen LogP contribution in [0.3, 0.4) is 0 Å². The van der Waals surface area contributed by atoms with E-state index in [1.807, 2.05) is 0 Å². The minimum absolute atomic E-state index is 0.00755. The van der Waals surface area contributed by atoms with Crippen LogP contribution in [0.2, 0.25) is 0 Å². The van der Waals surface area contributed by atoms with Gasteiger partial charge in [0.15, 0.2) is 5.76 Å². The van der Waals surface area contributed by atoms with Gasteiger partial charge < -0.3 is 9.73 Å². The first kappa shape index (κ1) is 18.5. The molecule has 3 rings (SSSR count). The van der Waals surface area contributed by atoms with Gasteiger partial charge in [-0.1, -0.05) is 12.1 Å². The Hall–Kier alpha value is -3.24. The first-order chi connectivity index (χ1) is 12.8. The lowest BCUT2D eigenvalue weighted by molar-refractivity contribution is -0.121. The molecule has 9 nitrogen and oxygen atoms in total. The average molecular weight is 388 g/mol. The fourth-order valence-corrected chi connectivity index (χ4v) is 2.83. The molecule has 2 heterocycles. The van der Waals surface area contributed by atoms with Crippen LogP contribution in [-0.4, -0.2) is 23.9 Å². The Morgan fingerprint density at radius 1 is 1.22 bits per heavy atom. The van der Waals surface area contributed by atoms with E-state index in [1.54, 1.807) is 24.3 Å². The van der Waals surface area contributed by atoms with E-state index in [2.05, 4.69) is 10.3 Å². The van der Waals surface area contributed by atoms with Crippen molar-refractivity contribution in [3.05, 3.63) is 71.0 Å². The van der Waals surface area contributed by atoms with Gasteiger partial charge in [0.2, 0.25) is 15.9 Å². The summed E-state index contributed by atoms with van der Waals surface area (Å²) in [5.41, 5.74) is 0.690. The molecule has 0 aliphatic carbocycles. The lowest BCUT2D eigenvalue weighted by Crippen LogP contribution is -2.31. The van der Waals surface area contributed by atoms with E-state index in [0.29, 0.717) is 17.0 Å². The summed E-state index contributed by atoms with van der Waals surface area (Å²) in [4.78, 5) is 28.3. The van der Waals surface area contributed by atoms with Crippen molar-refractivity contribution in [1.82, 2.24) is 14.9 Å². The van der Waals surface area contributed by atoms with Gasteiger partial charge in [-0.2, -0.15) is 0 Å². The minimum Gasteiger partial charge on any atom is -0.463 e. The lowest BCUT2D eigenvalue weighted by Gasteiger charge is -2.08. The van der Waals surface area contributed by atoms with Gasteiger partial charge in [-0.3, -0.25) is 14.2 Å². The van der Waals surface area contributed by atoms with Crippen molar-refractivity contribution in [1.29, 1.82) is 0 Å². The van der Waals surface area contributed by atoms with Gasteiger partial charge in [0, 0.05) is 12.6 Å². The highest BCUT2D eigenvalue weighted by molar-refractivity contribution is 7.89. The predicted molar refractivity (Wildman–Crippen MR) is 95.9 cm³/mol. The molecule has 3 aromatic rings. The lowest BCUT2D eigenvalue weighted by atomic mass is 10.2. The number of benzene rings is 1. The van der Waals surface area contributed by atoms with Gasteiger partial charge >= 0.3 is 0 Å². The topological polar surface area (TPSA) is 137 Å². The monoisotopic (exact) mass is 388 g/mol. The molecule has 27 heavy (non-hydrogen) atoms. The van der Waals surface area contributed by atoms with Crippen LogP contribution in [0.25, 0.3) is 11.5 Å². The fourth-order valence-electron chi connectivity index (χ4n) is 2.31. The van der Waals surface area contributed by atoms with E-state index in [-0.39, 0.29) is 29.5 Å². The molecule has 1 amide bonds. The van der Waals surface area contributed by atoms with Crippen molar-refractivity contribution >= 4 is 15.9 Å². The van der Waals surface area contributed by atoms with Crippen molar-refractivity contribution in [2.75, 3.05) is 0 Å². The molecule has 0 saturated carbocycles. The molecule has 0 unspecified atom stereocenters. The van der Waals surface area contributed by atoms with Crippen LogP contribution in [0.1, 0.15) is 5.56 Å². The molecule has 3 N–H and O–H groups in total. The minimum atomic E-state index is -3.76. The quantitative estimate of drug-likeness (QED) is 0.629. The first-order valence-electron chi connectivity index (χ1n) is 7.82. The zero-order chi connectivity index (χ0) is 19.4. The SMILES string of the molecule is NS(=O)(=O)c1ccc(CNC(=O)Cn2cnc(-c3ccco3)cc2=O)cc1. The Morgan fingerprint density at radius 2 is 1.96 bits per heavy atom. The Kier molecular flexibility index (Phi) is 5.19. The molecule has 0 aliphatic rings. The van der Waals surface area contributed by atoms with E-state index in [0.717, 1.165) is 0 Å². The number of nitrogens with zero attached hydrogens (tertiary/aromatic N) is 2. The molecule has 0 bridgehead atoms. The van der Waals surface area contributed by atoms with E-state index < -0.39 is 10.0 Å². The number of carbonyl (C=O) groups is 1. The summed E-state index contributed by atoms with van der Waals surface area (Å²) in [6, 6.07) is 10.5. The Balaban J connectivity index is 1.60. The second-order valence-corrected chi connectivity index (χ2v) is 7.24. The van der Waals surface area contributed by atoms with Crippen LogP contribution >= 0.6 is 0 Å². The highest BCUT2D eigenvalue weighted by atomic mass is 32.2. The highest BCUT2D eigenvalue weighted by Gasteiger charge is 2.09. The summed E-state index contributed by atoms with van der Waals surface area (Å²) in [6.45, 7) is -0.0179. The fraction of sp³-hybridized carbons (Fsp3) is 0.118. The van der Waals surface area contributed by atoms with E-state index in [1.165, 1.54) is 35.4 Å². The summed E-state index contributed by atoms with van der Waals surface area (Å²) in [5.74, 6) is 0.0758. The van der Waals surface area contributed by atoms with Crippen molar-refractivity contribution in [3.63, 3.8) is 0 Å². The van der Waals surface area contributed by atoms with E-state index >= 15 is 0 Å². The molecule has 0 atom stereocenters. The Labute approximate surface area is 154 Å². The van der Waals surface area contributed by atoms with Crippen LogP contribution in [0.15, 0.2) is 69.2 Å². The summed E-state index contributed by atoms with van der Waals surface area (Å²) >= 11 is 0. The number of aromatic nitrogens is 2. The number of nitrogens with one attached hydrogen (secondary N) is 1. The van der Waals surface area contributed by atoms with Gasteiger partial charge in [-0.05, 0) is 29.8 Å². The molecule has 0 aliphatic heterocycles. The number of primary sulfonamides is 1. The van der Waals surface area contributed by atoms with Gasteiger partial charge in [0.05, 0.1) is 17.5 Å². The number of amides is 1. The second kappa shape index (κ2) is 7.56. The van der Waals surface area contributed by atoms with E-state index in [9.17, 15) is 18.0 Å². The molecule has 0 saturated heterocycles. The number of nitrogens with two attached hydrogens (primary N) is 1. The molecule has 140 valence electrons. The van der Waals surface area contributed by atoms with Crippen LogP contribution < -0.4 is 16.0 Å². The zero-order valence-corrected chi connectivity index (χ0v) is 14.8. The van der Waals surface area contributed by atoms with Gasteiger partial charge in [-0.25, -0.2) is 18.5 Å². The molecule has 10 heteroatoms. The van der Waals surface area contributed by atoms with Crippen LogP contribution in [0.4, 0.5) is 0 Å². The number of rotatable bonds is 6. The third-order valence-electron chi connectivity index (χ3n) is 3.71. The van der Waals surface area contributed by atoms with Gasteiger partial charge in [-0.15, -0.1) is 0 Å². The maximum absolute atomic E-state index is 12.1. The Morgan fingerprint density at radius 3 is 2.56 bits per heavy atom. The summed E-state index contributed by atoms with van der Waals surface area (Å²) in [7, 11) is -3.76. The highest BCUT2D eigenvalue weighted by Crippen LogP contribution is 2.14. The van der Waals surface area contributed by atoms with Crippen LogP contribution in [0.5, 0.6) is 0 Å². The summed E-state index contributed by atoms with van der Waals surface area (Å²) in [6.07, 6.45) is 2.76. The standard InChI is InChI=1S/C17H16N4O5S/c18-27(24,25)13-5-3-12(4-6-13)9-19-16(22)10-21-11-20-14(8-17(21)23)15-2-1-7-26-15/h1-8,11H,9-10H2,(H,19,22)(H2,18,24,25). The van der Waals surface area contributed by atoms with Crippen molar-refractivity contribution < 1.29 is 17.6 Å². The summed E-state index contributed by atoms with van der Waals surface area (Å²) in [5, 5.41) is 7.68. The molecule has 0 radical (unpaired) electrons. The molecule has 2 aromatic heterocycles. The summed E-state index contributed by atoms with van der Waals surface area (Å²) < 4.78 is 28.8. The number of hydrogen-bond donors (Lipinski definition) is 2. The number of furan rings is 1. The van der Waals surface area contributed by atoms with Gasteiger partial charge in [0.25, 0.3) is 5.56 Å². The Bertz CT molecular complexity index is 1100. The third kappa shape index (κ3) is 4.68. The third-order valence-corrected chi connectivity index (χ3v) is 4.64. The van der Waals surface area contributed by atoms with Crippen molar-refractivity contribution in [3.8, 4) is 11.5 Å². The molecule has 0 spiro atoms. The zero-order valence-electron chi connectivity index (χ0n) is 14.0. The number of sulfonamides is 1. The number of hydrogen-bond acceptors (Lipinski definition) is 6. The maximum atomic E-state index is 12.1. The van der Waals surface area contributed by atoms with Crippen LogP contribution in [-0.2, 0) is 27.9 Å². The molecular formula is C17H16N4O5S. The van der Waals surface area contributed by atoms with Crippen molar-refractivity contribution in [2.24, 2.45) is 5.14 Å². The van der Waals surface area contributed by atoms with Crippen molar-refractivity contribution in [2.45, 2.75) is 18.0 Å². The van der Waals surface area contributed by atoms with E-state index in [4.69, 9.17) is 9.56 Å². The van der Waals surface area contributed by atoms with Crippen LogP contribution in [0, 0.1) is 0 Å². The number of carbonyl (C=O) groups excluding carboxylic acids is 1. The molecule has 1 aromatic carbocycles. The first-order valence-corrected chi connectivity index (χ1v) is 9.36. The largest absolute Gasteiger partial charge is 0.463 e. The maximum Gasteiger partial charge on any atom is 0.254 e. The second-order valence-electron chi connectivity index (χ2n) is 5.68. The van der Waals surface area contributed by atoms with Gasteiger partial charge in [0.1, 0.15) is 12.2 Å². The molecular weight excluding hydrogens is 372 g/mol. The predicted octanol–water partition coefficient (Wildman–Crippen LogP) is 0.467. The smallest absolute Gasteiger partial charge is 0.254 e. The normalized spacial score (nSPS) is 11.3. The molecule has 0 fully saturated rings.